The fourth-order valence-electron chi connectivity index (χ4n) is 8.91. The molecule has 10 aromatic rings. The summed E-state index contributed by atoms with van der Waals surface area (Å²) in [6.45, 7) is 4.65. The third kappa shape index (κ3) is 5.66. The molecule has 8 aromatic carbocycles. The molecule has 0 N–H and O–H groups in total. The van der Waals surface area contributed by atoms with Gasteiger partial charge >= 0.3 is 0 Å². The minimum atomic E-state index is -0.138. The van der Waals surface area contributed by atoms with Crippen molar-refractivity contribution in [3.8, 4) is 78.4 Å². The summed E-state index contributed by atoms with van der Waals surface area (Å²) in [7, 11) is 0. The molecular formula is C55H38N2O. The average Bonchev–Trinajstić information content (AvgIpc) is 3.78. The minimum absolute atomic E-state index is 0.138. The fraction of sp³-hybridized carbons (Fsp3) is 0.0545. The highest BCUT2D eigenvalue weighted by Crippen LogP contribution is 2.49. The van der Waals surface area contributed by atoms with Gasteiger partial charge in [0, 0.05) is 38.4 Å². The molecule has 58 heavy (non-hydrogen) atoms. The van der Waals surface area contributed by atoms with Crippen LogP contribution in [0.15, 0.2) is 199 Å². The summed E-state index contributed by atoms with van der Waals surface area (Å²) in [5, 5.41) is 2.22. The van der Waals surface area contributed by atoms with Crippen LogP contribution in [0.2, 0.25) is 0 Å². The van der Waals surface area contributed by atoms with Gasteiger partial charge < -0.3 is 4.42 Å². The Morgan fingerprint density at radius 2 is 0.931 bits per heavy atom. The van der Waals surface area contributed by atoms with Crippen LogP contribution in [0.25, 0.3) is 100 Å². The Hall–Kier alpha value is -7.36. The maximum atomic E-state index is 6.58. The van der Waals surface area contributed by atoms with Gasteiger partial charge in [-0.05, 0) is 92.5 Å². The topological polar surface area (TPSA) is 38.9 Å². The van der Waals surface area contributed by atoms with Gasteiger partial charge in [0.05, 0.1) is 11.4 Å². The van der Waals surface area contributed by atoms with Gasteiger partial charge in [-0.3, -0.25) is 0 Å². The molecule has 0 bridgehead atoms. The van der Waals surface area contributed by atoms with E-state index in [-0.39, 0.29) is 5.41 Å². The molecular weight excluding hydrogens is 705 g/mol. The molecule has 274 valence electrons. The number of hydrogen-bond donors (Lipinski definition) is 0. The van der Waals surface area contributed by atoms with Crippen molar-refractivity contribution in [2.24, 2.45) is 0 Å². The first-order chi connectivity index (χ1) is 28.5. The van der Waals surface area contributed by atoms with Gasteiger partial charge in [0.2, 0.25) is 0 Å². The quantitative estimate of drug-likeness (QED) is 0.170. The molecule has 0 amide bonds. The normalized spacial score (nSPS) is 12.8. The van der Waals surface area contributed by atoms with Crippen LogP contribution in [0.1, 0.15) is 25.0 Å². The monoisotopic (exact) mass is 742 g/mol. The summed E-state index contributed by atoms with van der Waals surface area (Å²) in [5.74, 6) is 0.680. The van der Waals surface area contributed by atoms with Crippen LogP contribution >= 0.6 is 0 Å². The summed E-state index contributed by atoms with van der Waals surface area (Å²) in [5.41, 5.74) is 18.3. The predicted molar refractivity (Wildman–Crippen MR) is 239 cm³/mol. The largest absolute Gasteiger partial charge is 0.455 e. The lowest BCUT2D eigenvalue weighted by Crippen LogP contribution is -2.14. The van der Waals surface area contributed by atoms with E-state index in [4.69, 9.17) is 14.4 Å². The number of aromatic nitrogens is 2. The summed E-state index contributed by atoms with van der Waals surface area (Å²) in [6.07, 6.45) is 0. The van der Waals surface area contributed by atoms with Crippen LogP contribution in [0.5, 0.6) is 0 Å². The van der Waals surface area contributed by atoms with Crippen molar-refractivity contribution in [1.82, 2.24) is 9.97 Å². The van der Waals surface area contributed by atoms with Crippen molar-refractivity contribution < 1.29 is 4.42 Å². The Kier molecular flexibility index (Phi) is 7.84. The summed E-state index contributed by atoms with van der Waals surface area (Å²) in [6, 6.07) is 68.9. The number of hydrogen-bond acceptors (Lipinski definition) is 3. The maximum Gasteiger partial charge on any atom is 0.160 e. The standard InChI is InChI=1S/C55H38N2O/c1-55(2)48-25-11-9-21-44(48)45-28-27-38(33-49(45)55)50-34-51(57-54(56-50)39-20-13-19-37(29-39)35-15-5-3-6-16-35)42-31-40(36-17-7-4-8-18-36)30-41(32-42)43-23-14-24-47-46-22-10-12-26-52(46)58-53(43)47/h3-34H,1-2H3. The maximum absolute atomic E-state index is 6.58. The van der Waals surface area contributed by atoms with Gasteiger partial charge in [0.1, 0.15) is 11.2 Å². The van der Waals surface area contributed by atoms with E-state index in [0.29, 0.717) is 5.82 Å². The van der Waals surface area contributed by atoms with Gasteiger partial charge in [-0.15, -0.1) is 0 Å². The molecule has 0 aliphatic heterocycles. The Morgan fingerprint density at radius 3 is 1.76 bits per heavy atom. The van der Waals surface area contributed by atoms with Crippen LogP contribution in [0, 0.1) is 0 Å². The van der Waals surface area contributed by atoms with Crippen molar-refractivity contribution in [3.05, 3.63) is 205 Å². The second-order valence-corrected chi connectivity index (χ2v) is 15.8. The first kappa shape index (κ1) is 33.9. The molecule has 2 heterocycles. The SMILES string of the molecule is CC1(C)c2ccccc2-c2ccc(-c3cc(-c4cc(-c5ccccc5)cc(-c5cccc6c5oc5ccccc56)c4)nc(-c4cccc(-c5ccccc5)c4)n3)cc21. The van der Waals surface area contributed by atoms with E-state index in [2.05, 4.69) is 196 Å². The Morgan fingerprint density at radius 1 is 0.362 bits per heavy atom. The average molecular weight is 743 g/mol. The number of fused-ring (bicyclic) bond motifs is 6. The number of furan rings is 1. The van der Waals surface area contributed by atoms with E-state index < -0.39 is 0 Å². The van der Waals surface area contributed by atoms with Crippen LogP contribution in [-0.2, 0) is 5.41 Å². The molecule has 1 aliphatic carbocycles. The molecule has 0 spiro atoms. The predicted octanol–water partition coefficient (Wildman–Crippen LogP) is 14.7. The molecule has 3 heteroatoms. The first-order valence-corrected chi connectivity index (χ1v) is 19.9. The van der Waals surface area contributed by atoms with Crippen molar-refractivity contribution in [1.29, 1.82) is 0 Å². The van der Waals surface area contributed by atoms with E-state index in [1.165, 1.54) is 22.3 Å². The second kappa shape index (κ2) is 13.4. The highest BCUT2D eigenvalue weighted by molar-refractivity contribution is 6.10. The third-order valence-corrected chi connectivity index (χ3v) is 11.9. The van der Waals surface area contributed by atoms with Gasteiger partial charge in [0.15, 0.2) is 5.82 Å². The molecule has 0 unspecified atom stereocenters. The number of rotatable bonds is 6. The zero-order valence-electron chi connectivity index (χ0n) is 32.3. The zero-order chi connectivity index (χ0) is 38.8. The van der Waals surface area contributed by atoms with Gasteiger partial charge in [-0.2, -0.15) is 0 Å². The second-order valence-electron chi connectivity index (χ2n) is 15.8. The lowest BCUT2D eigenvalue weighted by molar-refractivity contribution is 0.660. The first-order valence-electron chi connectivity index (χ1n) is 19.9. The number of nitrogens with zero attached hydrogens (tertiary/aromatic N) is 2. The molecule has 3 nitrogen and oxygen atoms in total. The van der Waals surface area contributed by atoms with Crippen molar-refractivity contribution in [2.45, 2.75) is 19.3 Å². The van der Waals surface area contributed by atoms with Crippen molar-refractivity contribution in [2.75, 3.05) is 0 Å². The highest BCUT2D eigenvalue weighted by Gasteiger charge is 2.35. The number of para-hydroxylation sites is 2. The molecule has 0 atom stereocenters. The Labute approximate surface area is 338 Å². The molecule has 0 radical (unpaired) electrons. The van der Waals surface area contributed by atoms with E-state index in [0.717, 1.165) is 83.4 Å². The van der Waals surface area contributed by atoms with Gasteiger partial charge in [-0.25, -0.2) is 9.97 Å². The Balaban J connectivity index is 1.14. The lowest BCUT2D eigenvalue weighted by atomic mass is 9.82. The third-order valence-electron chi connectivity index (χ3n) is 11.9. The molecule has 0 saturated carbocycles. The van der Waals surface area contributed by atoms with E-state index in [1.807, 2.05) is 12.1 Å². The van der Waals surface area contributed by atoms with Crippen LogP contribution in [0.3, 0.4) is 0 Å². The summed E-state index contributed by atoms with van der Waals surface area (Å²) in [4.78, 5) is 10.8. The summed E-state index contributed by atoms with van der Waals surface area (Å²) < 4.78 is 6.58. The summed E-state index contributed by atoms with van der Waals surface area (Å²) >= 11 is 0. The van der Waals surface area contributed by atoms with Gasteiger partial charge in [0.25, 0.3) is 0 Å². The van der Waals surface area contributed by atoms with Crippen molar-refractivity contribution in [3.63, 3.8) is 0 Å². The minimum Gasteiger partial charge on any atom is -0.455 e. The van der Waals surface area contributed by atoms with E-state index >= 15 is 0 Å². The Bertz CT molecular complexity index is 3190. The molecule has 1 aliphatic rings. The van der Waals surface area contributed by atoms with Crippen LogP contribution < -0.4 is 0 Å². The van der Waals surface area contributed by atoms with Crippen molar-refractivity contribution >= 4 is 21.9 Å². The molecule has 0 fully saturated rings. The zero-order valence-corrected chi connectivity index (χ0v) is 32.3. The molecule has 0 saturated heterocycles. The van der Waals surface area contributed by atoms with Gasteiger partial charge in [-0.1, -0.05) is 166 Å². The smallest absolute Gasteiger partial charge is 0.160 e. The molecule has 11 rings (SSSR count). The molecule has 2 aromatic heterocycles. The van der Waals surface area contributed by atoms with Crippen LogP contribution in [0.4, 0.5) is 0 Å². The fourth-order valence-corrected chi connectivity index (χ4v) is 8.91. The lowest BCUT2D eigenvalue weighted by Gasteiger charge is -2.22. The number of benzene rings is 8. The van der Waals surface area contributed by atoms with Crippen LogP contribution in [-0.4, -0.2) is 9.97 Å². The van der Waals surface area contributed by atoms with E-state index in [9.17, 15) is 0 Å². The highest BCUT2D eigenvalue weighted by atomic mass is 16.3. The van der Waals surface area contributed by atoms with E-state index in [1.54, 1.807) is 0 Å².